The minimum atomic E-state index is 0.0767. The molecule has 0 aliphatic rings. The highest BCUT2D eigenvalue weighted by Gasteiger charge is 2.01. The zero-order valence-electron chi connectivity index (χ0n) is 5.97. The third kappa shape index (κ3) is 1.05. The van der Waals surface area contributed by atoms with Crippen molar-refractivity contribution in [2.24, 2.45) is 0 Å². The lowest BCUT2D eigenvalue weighted by atomic mass is 10.1. The molecule has 10 heavy (non-hydrogen) atoms. The summed E-state index contributed by atoms with van der Waals surface area (Å²) in [6.07, 6.45) is 0. The van der Waals surface area contributed by atoms with E-state index in [1.807, 2.05) is 0 Å². The molecule has 1 aromatic carbocycles. The number of rotatable bonds is 0. The van der Waals surface area contributed by atoms with Gasteiger partial charge in [-0.25, -0.2) is 0 Å². The van der Waals surface area contributed by atoms with Crippen LogP contribution in [0.4, 0.5) is 0 Å². The van der Waals surface area contributed by atoms with Crippen LogP contribution in [0.1, 0.15) is 11.1 Å². The van der Waals surface area contributed by atoms with E-state index in [-0.39, 0.29) is 11.5 Å². The van der Waals surface area contributed by atoms with Crippen molar-refractivity contribution in [2.75, 3.05) is 0 Å². The molecular weight excluding hydrogens is 128 g/mol. The smallest absolute Gasteiger partial charge is 0.124 e. The second-order valence-electron chi connectivity index (χ2n) is 2.31. The molecule has 2 heteroatoms. The average molecular weight is 137 g/mol. The molecule has 0 aromatic heterocycles. The number of aromatic hydroxyl groups is 2. The van der Waals surface area contributed by atoms with Crippen molar-refractivity contribution in [2.45, 2.75) is 13.8 Å². The molecule has 1 rings (SSSR count). The molecule has 53 valence electrons. The summed E-state index contributed by atoms with van der Waals surface area (Å²) in [4.78, 5) is 0. The molecule has 1 aromatic rings. The first-order chi connectivity index (χ1) is 4.61. The molecule has 0 bridgehead atoms. The van der Waals surface area contributed by atoms with E-state index in [1.165, 1.54) is 6.07 Å². The number of aryl methyl sites for hydroxylation is 2. The third-order valence-electron chi connectivity index (χ3n) is 1.40. The lowest BCUT2D eigenvalue weighted by molar-refractivity contribution is 0.452. The minimum absolute atomic E-state index is 0.0767. The topological polar surface area (TPSA) is 40.5 Å². The molecule has 0 fully saturated rings. The van der Waals surface area contributed by atoms with Gasteiger partial charge in [0.2, 0.25) is 0 Å². The Morgan fingerprint density at radius 1 is 1.30 bits per heavy atom. The van der Waals surface area contributed by atoms with Crippen molar-refractivity contribution in [3.63, 3.8) is 0 Å². The maximum Gasteiger partial charge on any atom is 0.124 e. The summed E-state index contributed by atoms with van der Waals surface area (Å²) < 4.78 is 0. The van der Waals surface area contributed by atoms with Gasteiger partial charge in [0.15, 0.2) is 0 Å². The maximum atomic E-state index is 9.19. The molecule has 0 amide bonds. The number of hydrogen-bond acceptors (Lipinski definition) is 2. The molecular formula is C8H9O2. The Balaban J connectivity index is 3.31. The Bertz CT molecular complexity index is 230. The average Bonchev–Trinajstić information content (AvgIpc) is 1.82. The van der Waals surface area contributed by atoms with Gasteiger partial charge >= 0.3 is 0 Å². The van der Waals surface area contributed by atoms with Gasteiger partial charge in [0.05, 0.1) is 0 Å². The van der Waals surface area contributed by atoms with Crippen LogP contribution in [-0.2, 0) is 0 Å². The van der Waals surface area contributed by atoms with Gasteiger partial charge in [-0.3, -0.25) is 0 Å². The summed E-state index contributed by atoms with van der Waals surface area (Å²) in [6.45, 7) is 3.43. The highest BCUT2D eigenvalue weighted by atomic mass is 16.3. The fourth-order valence-corrected chi connectivity index (χ4v) is 0.857. The molecule has 0 saturated carbocycles. The SMILES string of the molecule is Cc1[c]c(O)cc(C)c1O. The maximum absolute atomic E-state index is 9.19. The monoisotopic (exact) mass is 137 g/mol. The van der Waals surface area contributed by atoms with Crippen molar-refractivity contribution >= 4 is 0 Å². The molecule has 2 N–H and O–H groups in total. The predicted octanol–water partition coefficient (Wildman–Crippen LogP) is 1.51. The fourth-order valence-electron chi connectivity index (χ4n) is 0.857. The second-order valence-corrected chi connectivity index (χ2v) is 2.31. The molecule has 0 atom stereocenters. The van der Waals surface area contributed by atoms with Crippen LogP contribution in [0.25, 0.3) is 0 Å². The van der Waals surface area contributed by atoms with Crippen LogP contribution in [0.5, 0.6) is 11.5 Å². The van der Waals surface area contributed by atoms with Crippen molar-refractivity contribution in [3.05, 3.63) is 23.3 Å². The lowest BCUT2D eigenvalue weighted by Crippen LogP contribution is -1.79. The van der Waals surface area contributed by atoms with Gasteiger partial charge in [-0.2, -0.15) is 0 Å². The highest BCUT2D eigenvalue weighted by Crippen LogP contribution is 2.24. The van der Waals surface area contributed by atoms with Gasteiger partial charge in [-0.1, -0.05) is 0 Å². The fraction of sp³-hybridized carbons (Fsp3) is 0.250. The Morgan fingerprint density at radius 2 is 1.90 bits per heavy atom. The lowest BCUT2D eigenvalue weighted by Gasteiger charge is -2.01. The molecule has 0 saturated heterocycles. The van der Waals surface area contributed by atoms with Gasteiger partial charge in [0.25, 0.3) is 0 Å². The van der Waals surface area contributed by atoms with Crippen LogP contribution in [0.3, 0.4) is 0 Å². The van der Waals surface area contributed by atoms with E-state index in [0.29, 0.717) is 11.1 Å². The highest BCUT2D eigenvalue weighted by molar-refractivity contribution is 5.43. The Labute approximate surface area is 59.7 Å². The van der Waals surface area contributed by atoms with Crippen LogP contribution in [0, 0.1) is 19.9 Å². The van der Waals surface area contributed by atoms with E-state index in [0.717, 1.165) is 0 Å². The van der Waals surface area contributed by atoms with Crippen LogP contribution in [0.15, 0.2) is 6.07 Å². The normalized spacial score (nSPS) is 9.80. The summed E-state index contributed by atoms with van der Waals surface area (Å²) in [6, 6.07) is 4.06. The molecule has 0 aliphatic heterocycles. The first kappa shape index (κ1) is 6.93. The molecule has 2 nitrogen and oxygen atoms in total. The molecule has 0 aliphatic carbocycles. The number of benzene rings is 1. The third-order valence-corrected chi connectivity index (χ3v) is 1.40. The Hall–Kier alpha value is -1.18. The molecule has 0 heterocycles. The zero-order chi connectivity index (χ0) is 7.72. The van der Waals surface area contributed by atoms with Crippen molar-refractivity contribution in [1.82, 2.24) is 0 Å². The second kappa shape index (κ2) is 2.21. The van der Waals surface area contributed by atoms with Gasteiger partial charge in [-0.15, -0.1) is 0 Å². The van der Waals surface area contributed by atoms with Crippen molar-refractivity contribution < 1.29 is 10.2 Å². The summed E-state index contributed by atoms with van der Waals surface area (Å²) >= 11 is 0. The molecule has 0 spiro atoms. The summed E-state index contributed by atoms with van der Waals surface area (Å²) in [5.74, 6) is 0.283. The standard InChI is InChI=1S/C8H9O2/c1-5-3-7(9)4-6(2)8(5)10/h3,9-10H,1-2H3. The summed E-state index contributed by atoms with van der Waals surface area (Å²) in [5.41, 5.74) is 1.26. The summed E-state index contributed by atoms with van der Waals surface area (Å²) in [7, 11) is 0. The molecule has 1 radical (unpaired) electrons. The van der Waals surface area contributed by atoms with Crippen LogP contribution in [-0.4, -0.2) is 10.2 Å². The first-order valence-electron chi connectivity index (χ1n) is 3.02. The first-order valence-corrected chi connectivity index (χ1v) is 3.02. The van der Waals surface area contributed by atoms with Gasteiger partial charge in [-0.05, 0) is 25.5 Å². The van der Waals surface area contributed by atoms with Crippen molar-refractivity contribution in [3.8, 4) is 11.5 Å². The van der Waals surface area contributed by atoms with E-state index in [2.05, 4.69) is 6.07 Å². The summed E-state index contributed by atoms with van der Waals surface area (Å²) in [5, 5.41) is 18.1. The largest absolute Gasteiger partial charge is 0.507 e. The Kier molecular flexibility index (Phi) is 1.53. The van der Waals surface area contributed by atoms with Crippen molar-refractivity contribution in [1.29, 1.82) is 0 Å². The molecule has 0 unspecified atom stereocenters. The van der Waals surface area contributed by atoms with Gasteiger partial charge in [0, 0.05) is 11.6 Å². The van der Waals surface area contributed by atoms with Crippen LogP contribution >= 0.6 is 0 Å². The Morgan fingerprint density at radius 3 is 2.40 bits per heavy atom. The van der Waals surface area contributed by atoms with E-state index >= 15 is 0 Å². The van der Waals surface area contributed by atoms with E-state index in [1.54, 1.807) is 13.8 Å². The van der Waals surface area contributed by atoms with Gasteiger partial charge in [0.1, 0.15) is 11.5 Å². The van der Waals surface area contributed by atoms with Crippen LogP contribution in [0.2, 0.25) is 0 Å². The number of phenols is 2. The van der Waals surface area contributed by atoms with E-state index < -0.39 is 0 Å². The number of phenolic OH excluding ortho intramolecular Hbond substituents is 2. The number of hydrogen-bond donors (Lipinski definition) is 2. The van der Waals surface area contributed by atoms with Gasteiger partial charge < -0.3 is 10.2 Å². The zero-order valence-corrected chi connectivity index (χ0v) is 5.97. The predicted molar refractivity (Wildman–Crippen MR) is 38.1 cm³/mol. The quantitative estimate of drug-likeness (QED) is 0.532. The van der Waals surface area contributed by atoms with Crippen LogP contribution < -0.4 is 0 Å². The van der Waals surface area contributed by atoms with E-state index in [9.17, 15) is 5.11 Å². The minimum Gasteiger partial charge on any atom is -0.507 e. The van der Waals surface area contributed by atoms with E-state index in [4.69, 9.17) is 5.11 Å².